The molecule has 22 heavy (non-hydrogen) atoms. The summed E-state index contributed by atoms with van der Waals surface area (Å²) in [5, 5.41) is 0. The van der Waals surface area contributed by atoms with Crippen molar-refractivity contribution in [2.75, 3.05) is 12.8 Å². The Morgan fingerprint density at radius 1 is 1.36 bits per heavy atom. The molecule has 1 aliphatic rings. The lowest BCUT2D eigenvalue weighted by Gasteiger charge is -2.28. The first-order valence-electron chi connectivity index (χ1n) is 7.14. The van der Waals surface area contributed by atoms with Gasteiger partial charge in [0.15, 0.2) is 5.76 Å². The summed E-state index contributed by atoms with van der Waals surface area (Å²) in [5.74, 6) is 1.87. The number of furan rings is 1. The molecule has 3 heterocycles. The van der Waals surface area contributed by atoms with Gasteiger partial charge in [0.25, 0.3) is 11.5 Å². The van der Waals surface area contributed by atoms with E-state index in [1.54, 1.807) is 40.4 Å². The quantitative estimate of drug-likeness (QED) is 0.869. The van der Waals surface area contributed by atoms with Gasteiger partial charge in [-0.3, -0.25) is 9.59 Å². The molecule has 3 rings (SSSR count). The number of fused-ring (bicyclic) bond motifs is 1. The van der Waals surface area contributed by atoms with Crippen LogP contribution in [0.25, 0.3) is 0 Å². The normalized spacial score (nSPS) is 14.0. The van der Waals surface area contributed by atoms with Gasteiger partial charge in [0, 0.05) is 32.4 Å². The molecule has 0 bridgehead atoms. The highest BCUT2D eigenvalue weighted by atomic mass is 32.2. The monoisotopic (exact) mass is 318 g/mol. The Labute approximate surface area is 132 Å². The Hall–Kier alpha value is -1.95. The standard InChI is InChI=1S/C16H18N2O3S/c1-17-8-12-9-18(6-5-11(12)7-15(17)19)16(20)14-4-3-13(21-14)10-22-2/h3-4,7-8H,5-6,9-10H2,1-2H3. The molecular formula is C16H18N2O3S. The summed E-state index contributed by atoms with van der Waals surface area (Å²) < 4.78 is 7.15. The van der Waals surface area contributed by atoms with Gasteiger partial charge in [-0.25, -0.2) is 0 Å². The van der Waals surface area contributed by atoms with Crippen LogP contribution in [0.4, 0.5) is 0 Å². The molecule has 0 saturated heterocycles. The molecule has 0 aliphatic carbocycles. The Morgan fingerprint density at radius 2 is 2.18 bits per heavy atom. The molecule has 0 saturated carbocycles. The maximum absolute atomic E-state index is 12.5. The van der Waals surface area contributed by atoms with Crippen LogP contribution in [0.1, 0.15) is 27.4 Å². The molecule has 0 radical (unpaired) electrons. The average Bonchev–Trinajstić information content (AvgIpc) is 2.96. The van der Waals surface area contributed by atoms with E-state index in [1.165, 1.54) is 0 Å². The van der Waals surface area contributed by atoms with E-state index in [-0.39, 0.29) is 11.5 Å². The van der Waals surface area contributed by atoms with Crippen LogP contribution >= 0.6 is 11.8 Å². The van der Waals surface area contributed by atoms with Crippen LogP contribution in [0.5, 0.6) is 0 Å². The van der Waals surface area contributed by atoms with Crippen molar-refractivity contribution >= 4 is 17.7 Å². The summed E-state index contributed by atoms with van der Waals surface area (Å²) in [5.41, 5.74) is 2.05. The molecule has 0 N–H and O–H groups in total. The molecule has 1 amide bonds. The number of hydrogen-bond donors (Lipinski definition) is 0. The zero-order valence-corrected chi connectivity index (χ0v) is 13.5. The van der Waals surface area contributed by atoms with E-state index in [1.807, 2.05) is 18.5 Å². The maximum Gasteiger partial charge on any atom is 0.289 e. The van der Waals surface area contributed by atoms with E-state index in [4.69, 9.17) is 4.42 Å². The number of aryl methyl sites for hydroxylation is 1. The predicted octanol–water partition coefficient (Wildman–Crippen LogP) is 2.04. The Morgan fingerprint density at radius 3 is 2.95 bits per heavy atom. The van der Waals surface area contributed by atoms with Crippen LogP contribution in [0.2, 0.25) is 0 Å². The van der Waals surface area contributed by atoms with Crippen molar-refractivity contribution in [3.8, 4) is 0 Å². The third kappa shape index (κ3) is 2.83. The van der Waals surface area contributed by atoms with Crippen molar-refractivity contribution in [2.45, 2.75) is 18.7 Å². The summed E-state index contributed by atoms with van der Waals surface area (Å²) in [6.45, 7) is 1.12. The van der Waals surface area contributed by atoms with Crippen molar-refractivity contribution in [3.05, 3.63) is 57.4 Å². The second kappa shape index (κ2) is 6.04. The lowest BCUT2D eigenvalue weighted by atomic mass is 10.0. The van der Waals surface area contributed by atoms with E-state index in [9.17, 15) is 9.59 Å². The number of hydrogen-bond acceptors (Lipinski definition) is 4. The molecule has 116 valence electrons. The molecule has 0 spiro atoms. The number of amides is 1. The molecule has 1 aliphatic heterocycles. The summed E-state index contributed by atoms with van der Waals surface area (Å²) in [4.78, 5) is 26.0. The molecule has 0 atom stereocenters. The van der Waals surface area contributed by atoms with Crippen molar-refractivity contribution in [1.29, 1.82) is 0 Å². The first-order valence-corrected chi connectivity index (χ1v) is 8.53. The highest BCUT2D eigenvalue weighted by Crippen LogP contribution is 2.21. The minimum Gasteiger partial charge on any atom is -0.455 e. The Bertz CT molecular complexity index is 763. The van der Waals surface area contributed by atoms with Crippen molar-refractivity contribution < 1.29 is 9.21 Å². The third-order valence-corrected chi connectivity index (χ3v) is 4.44. The van der Waals surface area contributed by atoms with Gasteiger partial charge in [-0.05, 0) is 35.9 Å². The van der Waals surface area contributed by atoms with Crippen LogP contribution in [-0.2, 0) is 25.8 Å². The lowest BCUT2D eigenvalue weighted by Crippen LogP contribution is -2.37. The average molecular weight is 318 g/mol. The van der Waals surface area contributed by atoms with Crippen LogP contribution in [0, 0.1) is 0 Å². The number of thioether (sulfide) groups is 1. The second-order valence-electron chi connectivity index (χ2n) is 5.45. The van der Waals surface area contributed by atoms with Crippen LogP contribution in [-0.4, -0.2) is 28.2 Å². The summed E-state index contributed by atoms with van der Waals surface area (Å²) in [7, 11) is 1.73. The van der Waals surface area contributed by atoms with Gasteiger partial charge >= 0.3 is 0 Å². The summed E-state index contributed by atoms with van der Waals surface area (Å²) in [6, 6.07) is 5.26. The highest BCUT2D eigenvalue weighted by molar-refractivity contribution is 7.97. The van der Waals surface area contributed by atoms with Gasteiger partial charge in [-0.15, -0.1) is 0 Å². The van der Waals surface area contributed by atoms with Crippen molar-refractivity contribution in [1.82, 2.24) is 9.47 Å². The number of aromatic nitrogens is 1. The molecule has 0 unspecified atom stereocenters. The van der Waals surface area contributed by atoms with Crippen LogP contribution < -0.4 is 5.56 Å². The SMILES string of the molecule is CSCc1ccc(C(=O)N2CCc3cc(=O)n(C)cc3C2)o1. The smallest absolute Gasteiger partial charge is 0.289 e. The van der Waals surface area contributed by atoms with E-state index in [2.05, 4.69) is 0 Å². The number of rotatable bonds is 3. The van der Waals surface area contributed by atoms with E-state index in [0.717, 1.165) is 22.6 Å². The second-order valence-corrected chi connectivity index (χ2v) is 6.31. The minimum absolute atomic E-state index is 0.00808. The lowest BCUT2D eigenvalue weighted by molar-refractivity contribution is 0.0700. The Kier molecular flexibility index (Phi) is 4.11. The van der Waals surface area contributed by atoms with E-state index >= 15 is 0 Å². The van der Waals surface area contributed by atoms with Crippen LogP contribution in [0.3, 0.4) is 0 Å². The highest BCUT2D eigenvalue weighted by Gasteiger charge is 2.24. The van der Waals surface area contributed by atoms with E-state index in [0.29, 0.717) is 25.3 Å². The third-order valence-electron chi connectivity index (χ3n) is 3.87. The summed E-state index contributed by atoms with van der Waals surface area (Å²) >= 11 is 1.66. The summed E-state index contributed by atoms with van der Waals surface area (Å²) in [6.07, 6.45) is 4.52. The van der Waals surface area contributed by atoms with Gasteiger partial charge in [0.05, 0.1) is 5.75 Å². The van der Waals surface area contributed by atoms with Gasteiger partial charge < -0.3 is 13.9 Å². The first-order chi connectivity index (χ1) is 10.6. The molecule has 2 aromatic rings. The largest absolute Gasteiger partial charge is 0.455 e. The first kappa shape index (κ1) is 15.0. The zero-order chi connectivity index (χ0) is 15.7. The molecule has 6 heteroatoms. The molecule has 0 aromatic carbocycles. The minimum atomic E-state index is -0.0909. The fourth-order valence-corrected chi connectivity index (χ4v) is 3.12. The fourth-order valence-electron chi connectivity index (χ4n) is 2.68. The van der Waals surface area contributed by atoms with Gasteiger partial charge in [0.2, 0.25) is 0 Å². The predicted molar refractivity (Wildman–Crippen MR) is 86.1 cm³/mol. The molecule has 2 aromatic heterocycles. The van der Waals surface area contributed by atoms with Crippen LogP contribution in [0.15, 0.2) is 33.6 Å². The van der Waals surface area contributed by atoms with Gasteiger partial charge in [-0.2, -0.15) is 11.8 Å². The molecular weight excluding hydrogens is 300 g/mol. The van der Waals surface area contributed by atoms with Gasteiger partial charge in [-0.1, -0.05) is 0 Å². The topological polar surface area (TPSA) is 55.5 Å². The van der Waals surface area contributed by atoms with Gasteiger partial charge in [0.1, 0.15) is 5.76 Å². The van der Waals surface area contributed by atoms with Crippen molar-refractivity contribution in [3.63, 3.8) is 0 Å². The molecule has 5 nitrogen and oxygen atoms in total. The Balaban J connectivity index is 1.79. The van der Waals surface area contributed by atoms with E-state index < -0.39 is 0 Å². The maximum atomic E-state index is 12.5. The number of carbonyl (C=O) groups excluding carboxylic acids is 1. The molecule has 0 fully saturated rings. The zero-order valence-electron chi connectivity index (χ0n) is 12.7. The fraction of sp³-hybridized carbons (Fsp3) is 0.375. The van der Waals surface area contributed by atoms with Crippen molar-refractivity contribution in [2.24, 2.45) is 7.05 Å². The number of pyridine rings is 1. The number of nitrogens with zero attached hydrogens (tertiary/aromatic N) is 2. The number of carbonyl (C=O) groups is 1.